The summed E-state index contributed by atoms with van der Waals surface area (Å²) in [6.07, 6.45) is 0. The Kier molecular flexibility index (Phi) is 2.93. The fourth-order valence-corrected chi connectivity index (χ4v) is 2.73. The Balaban J connectivity index is 2.05. The molecule has 0 bridgehead atoms. The van der Waals surface area contributed by atoms with E-state index >= 15 is 0 Å². The zero-order chi connectivity index (χ0) is 11.8. The van der Waals surface area contributed by atoms with Crippen molar-refractivity contribution in [3.63, 3.8) is 0 Å². The van der Waals surface area contributed by atoms with Crippen LogP contribution in [0.15, 0.2) is 35.2 Å². The first-order valence-corrected chi connectivity index (χ1v) is 6.08. The molecule has 1 aromatic carbocycles. The summed E-state index contributed by atoms with van der Waals surface area (Å²) in [6.45, 7) is 3.97. The van der Waals surface area contributed by atoms with Crippen LogP contribution < -0.4 is 0 Å². The van der Waals surface area contributed by atoms with Gasteiger partial charge in [-0.1, -0.05) is 30.0 Å². The van der Waals surface area contributed by atoms with Crippen LogP contribution in [0.1, 0.15) is 13.8 Å². The highest BCUT2D eigenvalue weighted by Gasteiger charge is 2.54. The normalized spacial score (nSPS) is 24.8. The molecule has 2 rings (SSSR count). The van der Waals surface area contributed by atoms with Crippen molar-refractivity contribution in [2.45, 2.75) is 29.8 Å². The van der Waals surface area contributed by atoms with Crippen LogP contribution in [0.5, 0.6) is 0 Å². The predicted octanol–water partition coefficient (Wildman–Crippen LogP) is 2.70. The minimum Gasteiger partial charge on any atom is -0.332 e. The molecule has 1 aliphatic rings. The van der Waals surface area contributed by atoms with Crippen molar-refractivity contribution < 1.29 is 9.18 Å². The number of hydrogen-bond donors (Lipinski definition) is 0. The Morgan fingerprint density at radius 3 is 2.50 bits per heavy atom. The van der Waals surface area contributed by atoms with Gasteiger partial charge in [0.15, 0.2) is 0 Å². The maximum absolute atomic E-state index is 14.2. The van der Waals surface area contributed by atoms with Crippen LogP contribution in [0.25, 0.3) is 0 Å². The Bertz CT molecular complexity index is 395. The number of benzene rings is 1. The number of amides is 1. The topological polar surface area (TPSA) is 20.3 Å². The van der Waals surface area contributed by atoms with Crippen LogP contribution >= 0.6 is 11.8 Å². The molecule has 0 spiro atoms. The molecule has 1 atom stereocenters. The molecule has 1 heterocycles. The van der Waals surface area contributed by atoms with Crippen LogP contribution in [-0.4, -0.2) is 28.4 Å². The van der Waals surface area contributed by atoms with Gasteiger partial charge in [0.05, 0.1) is 6.54 Å². The highest BCUT2D eigenvalue weighted by Crippen LogP contribution is 2.43. The van der Waals surface area contributed by atoms with E-state index in [2.05, 4.69) is 0 Å². The molecule has 0 saturated carbocycles. The van der Waals surface area contributed by atoms with Gasteiger partial charge in [0.2, 0.25) is 0 Å². The largest absolute Gasteiger partial charge is 0.332 e. The van der Waals surface area contributed by atoms with Gasteiger partial charge in [-0.15, -0.1) is 0 Å². The van der Waals surface area contributed by atoms with E-state index < -0.39 is 10.9 Å². The lowest BCUT2D eigenvalue weighted by Gasteiger charge is -2.44. The van der Waals surface area contributed by atoms with Gasteiger partial charge in [0.1, 0.15) is 0 Å². The van der Waals surface area contributed by atoms with Gasteiger partial charge in [-0.25, -0.2) is 4.39 Å². The number of carbonyl (C=O) groups is 1. The molecule has 16 heavy (non-hydrogen) atoms. The summed E-state index contributed by atoms with van der Waals surface area (Å²) in [7, 11) is 0. The number of hydrogen-bond acceptors (Lipinski definition) is 2. The van der Waals surface area contributed by atoms with Crippen LogP contribution in [0.3, 0.4) is 0 Å². The van der Waals surface area contributed by atoms with Gasteiger partial charge in [-0.05, 0) is 26.0 Å². The van der Waals surface area contributed by atoms with E-state index in [4.69, 9.17) is 0 Å². The predicted molar refractivity (Wildman–Crippen MR) is 63.0 cm³/mol. The van der Waals surface area contributed by atoms with Gasteiger partial charge < -0.3 is 4.90 Å². The number of halogens is 1. The van der Waals surface area contributed by atoms with Crippen LogP contribution in [-0.2, 0) is 4.79 Å². The summed E-state index contributed by atoms with van der Waals surface area (Å²) in [5, 5.41) is -1.76. The highest BCUT2D eigenvalue weighted by atomic mass is 32.2. The van der Waals surface area contributed by atoms with Crippen molar-refractivity contribution in [2.75, 3.05) is 6.54 Å². The van der Waals surface area contributed by atoms with E-state index in [0.29, 0.717) is 0 Å². The van der Waals surface area contributed by atoms with Crippen LogP contribution in [0.4, 0.5) is 4.39 Å². The molecule has 1 saturated heterocycles. The summed E-state index contributed by atoms with van der Waals surface area (Å²) in [4.78, 5) is 14.0. The first kappa shape index (κ1) is 11.5. The third kappa shape index (κ3) is 1.94. The van der Waals surface area contributed by atoms with Crippen molar-refractivity contribution in [3.05, 3.63) is 30.3 Å². The zero-order valence-corrected chi connectivity index (χ0v) is 10.1. The third-order valence-corrected chi connectivity index (χ3v) is 3.74. The maximum Gasteiger partial charge on any atom is 0.273 e. The number of β-lactam (4-membered cyclic amide) rings is 1. The highest BCUT2D eigenvalue weighted by molar-refractivity contribution is 8.01. The molecule has 2 nitrogen and oxygen atoms in total. The fourth-order valence-electron chi connectivity index (χ4n) is 1.65. The van der Waals surface area contributed by atoms with Crippen molar-refractivity contribution >= 4 is 17.7 Å². The standard InChI is InChI=1S/C12H14FNOS/c1-9(2)14-8-12(13,11(14)15)16-10-6-4-3-5-7-10/h3-7,9H,8H2,1-2H3. The molecule has 0 aliphatic carbocycles. The molecular formula is C12H14FNOS. The summed E-state index contributed by atoms with van der Waals surface area (Å²) in [5.41, 5.74) is 0. The molecule has 0 radical (unpaired) electrons. The quantitative estimate of drug-likeness (QED) is 0.756. The molecule has 1 fully saturated rings. The maximum atomic E-state index is 14.2. The average Bonchev–Trinajstić information content (AvgIpc) is 2.27. The zero-order valence-electron chi connectivity index (χ0n) is 9.31. The molecule has 0 N–H and O–H groups in total. The summed E-state index contributed by atoms with van der Waals surface area (Å²) < 4.78 is 14.2. The lowest BCUT2D eigenvalue weighted by atomic mass is 10.1. The third-order valence-electron chi connectivity index (χ3n) is 2.60. The first-order chi connectivity index (χ1) is 7.53. The molecular weight excluding hydrogens is 225 g/mol. The number of alkyl halides is 1. The van der Waals surface area contributed by atoms with Gasteiger partial charge in [-0.2, -0.15) is 0 Å². The van der Waals surface area contributed by atoms with Gasteiger partial charge >= 0.3 is 0 Å². The van der Waals surface area contributed by atoms with E-state index in [0.717, 1.165) is 16.7 Å². The molecule has 1 aromatic rings. The van der Waals surface area contributed by atoms with E-state index in [-0.39, 0.29) is 12.6 Å². The second-order valence-corrected chi connectivity index (χ2v) is 5.49. The number of likely N-dealkylation sites (tertiary alicyclic amines) is 1. The second kappa shape index (κ2) is 4.09. The molecule has 86 valence electrons. The van der Waals surface area contributed by atoms with Gasteiger partial charge in [0, 0.05) is 10.9 Å². The van der Waals surface area contributed by atoms with Crippen molar-refractivity contribution in [3.8, 4) is 0 Å². The monoisotopic (exact) mass is 239 g/mol. The first-order valence-electron chi connectivity index (χ1n) is 5.27. The summed E-state index contributed by atoms with van der Waals surface area (Å²) in [5.74, 6) is -0.406. The van der Waals surface area contributed by atoms with E-state index in [1.807, 2.05) is 44.2 Å². The minimum absolute atomic E-state index is 0.0766. The minimum atomic E-state index is -1.76. The number of carbonyl (C=O) groups excluding carboxylic acids is 1. The Morgan fingerprint density at radius 1 is 1.38 bits per heavy atom. The van der Waals surface area contributed by atoms with Gasteiger partial charge in [0.25, 0.3) is 10.9 Å². The van der Waals surface area contributed by atoms with Crippen LogP contribution in [0, 0.1) is 0 Å². The van der Waals surface area contributed by atoms with Crippen molar-refractivity contribution in [2.24, 2.45) is 0 Å². The molecule has 1 amide bonds. The molecule has 1 aliphatic heterocycles. The van der Waals surface area contributed by atoms with E-state index in [1.165, 1.54) is 0 Å². The summed E-state index contributed by atoms with van der Waals surface area (Å²) in [6, 6.07) is 9.27. The Labute approximate surface area is 98.8 Å². The van der Waals surface area contributed by atoms with E-state index in [1.54, 1.807) is 4.90 Å². The number of nitrogens with zero attached hydrogens (tertiary/aromatic N) is 1. The number of rotatable bonds is 3. The Morgan fingerprint density at radius 2 is 2.00 bits per heavy atom. The van der Waals surface area contributed by atoms with Gasteiger partial charge in [-0.3, -0.25) is 4.79 Å². The summed E-state index contributed by atoms with van der Waals surface area (Å²) >= 11 is 1.00. The lowest BCUT2D eigenvalue weighted by Crippen LogP contribution is -2.64. The fraction of sp³-hybridized carbons (Fsp3) is 0.417. The molecule has 0 aromatic heterocycles. The Hall–Kier alpha value is -1.03. The average molecular weight is 239 g/mol. The molecule has 4 heteroatoms. The van der Waals surface area contributed by atoms with E-state index in [9.17, 15) is 9.18 Å². The van der Waals surface area contributed by atoms with Crippen molar-refractivity contribution in [1.82, 2.24) is 4.90 Å². The smallest absolute Gasteiger partial charge is 0.273 e. The lowest BCUT2D eigenvalue weighted by molar-refractivity contribution is -0.155. The number of thioether (sulfide) groups is 1. The van der Waals surface area contributed by atoms with Crippen molar-refractivity contribution in [1.29, 1.82) is 0 Å². The van der Waals surface area contributed by atoms with Crippen LogP contribution in [0.2, 0.25) is 0 Å². The second-order valence-electron chi connectivity index (χ2n) is 4.17. The molecule has 1 unspecified atom stereocenters. The SMILES string of the molecule is CC(C)N1CC(F)(Sc2ccccc2)C1=O.